The number of guanidine groups is 1. The molecule has 16 heavy (non-hydrogen) atoms. The molecule has 0 atom stereocenters. The maximum absolute atomic E-state index is 8.56. The fraction of sp³-hybridized carbons (Fsp3) is 0.111. The summed E-state index contributed by atoms with van der Waals surface area (Å²) in [6.45, 7) is 0.677. The minimum atomic E-state index is -1.83. The number of nitrogens with zero attached hydrogens (tertiary/aromatic N) is 1. The number of hydrogen-bond donors (Lipinski definition) is 4. The monoisotopic (exact) mass is 337 g/mol. The first-order chi connectivity index (χ1) is 7.43. The van der Waals surface area contributed by atoms with Crippen molar-refractivity contribution in [1.82, 2.24) is 3.11 Å². The predicted octanol–water partition coefficient (Wildman–Crippen LogP) is 1.95. The number of hydrogen-bond acceptors (Lipinski definition) is 2. The van der Waals surface area contributed by atoms with Crippen LogP contribution in [-0.2, 0) is 6.54 Å². The van der Waals surface area contributed by atoms with Gasteiger partial charge in [-0.2, -0.15) is 0 Å². The summed E-state index contributed by atoms with van der Waals surface area (Å²) in [6.07, 6.45) is -1.83. The number of nitrogens with two attached hydrogens (primary N) is 1. The summed E-state index contributed by atoms with van der Waals surface area (Å²) in [4.78, 5) is 8.56. The van der Waals surface area contributed by atoms with Crippen molar-refractivity contribution >= 4 is 35.0 Å². The molecule has 0 aliphatic carbocycles. The number of carbonyl (C=O) groups is 1. The average Bonchev–Trinajstić information content (AvgIpc) is 2.18. The summed E-state index contributed by atoms with van der Waals surface area (Å²) in [5, 5.41) is 21.1. The van der Waals surface area contributed by atoms with Gasteiger partial charge in [0.25, 0.3) is 0 Å². The molecule has 1 rings (SSSR count). The molecular weight excluding hydrogens is 325 g/mol. The van der Waals surface area contributed by atoms with Gasteiger partial charge in [-0.15, -0.1) is 0 Å². The van der Waals surface area contributed by atoms with Crippen molar-refractivity contribution in [2.45, 2.75) is 6.54 Å². The first-order valence-electron chi connectivity index (χ1n) is 4.16. The van der Waals surface area contributed by atoms with Crippen LogP contribution in [0.25, 0.3) is 0 Å². The van der Waals surface area contributed by atoms with E-state index in [1.54, 1.807) is 3.11 Å². The van der Waals surface area contributed by atoms with E-state index in [1.807, 2.05) is 53.2 Å². The molecule has 0 aliphatic rings. The fourth-order valence-corrected chi connectivity index (χ4v) is 1.22. The van der Waals surface area contributed by atoms with Crippen LogP contribution in [0.2, 0.25) is 0 Å². The summed E-state index contributed by atoms with van der Waals surface area (Å²) < 4.78 is 1.66. The largest absolute Gasteiger partial charge is 0.503 e. The van der Waals surface area contributed by atoms with Crippen LogP contribution in [0.5, 0.6) is 0 Å². The summed E-state index contributed by atoms with van der Waals surface area (Å²) in [5.74, 6) is 0.0828. The predicted molar refractivity (Wildman–Crippen MR) is 68.6 cm³/mol. The second-order valence-electron chi connectivity index (χ2n) is 2.67. The number of benzene rings is 1. The lowest BCUT2D eigenvalue weighted by atomic mass is 10.2. The van der Waals surface area contributed by atoms with E-state index < -0.39 is 6.16 Å². The molecule has 5 N–H and O–H groups in total. The molecule has 1 aromatic carbocycles. The van der Waals surface area contributed by atoms with Crippen molar-refractivity contribution < 1.29 is 15.0 Å². The smallest absolute Gasteiger partial charge is 0.450 e. The van der Waals surface area contributed by atoms with Gasteiger partial charge in [0.1, 0.15) is 0 Å². The van der Waals surface area contributed by atoms with Crippen LogP contribution in [0, 0.1) is 5.41 Å². The number of rotatable bonds is 2. The van der Waals surface area contributed by atoms with Gasteiger partial charge in [0.05, 0.1) is 29.4 Å². The lowest BCUT2D eigenvalue weighted by molar-refractivity contribution is 0.137. The van der Waals surface area contributed by atoms with E-state index in [0.717, 1.165) is 5.56 Å². The second kappa shape index (κ2) is 7.74. The highest BCUT2D eigenvalue weighted by molar-refractivity contribution is 14.1. The van der Waals surface area contributed by atoms with E-state index in [2.05, 4.69) is 0 Å². The Balaban J connectivity index is 0.000000487. The Morgan fingerprint density at radius 2 is 1.81 bits per heavy atom. The minimum absolute atomic E-state index is 0.0828. The summed E-state index contributed by atoms with van der Waals surface area (Å²) >= 11 is 2.02. The van der Waals surface area contributed by atoms with Gasteiger partial charge in [0.2, 0.25) is 0 Å². The standard InChI is InChI=1S/C8H10IN3.CH2O3/c9-12(8(10)11)6-7-4-2-1-3-5-7;2-1(3)4/h1-5H,6H2,(H3,10,11);(H2,2,3,4). The minimum Gasteiger partial charge on any atom is -0.450 e. The summed E-state index contributed by atoms with van der Waals surface area (Å²) in [6, 6.07) is 9.93. The Bertz CT molecular complexity index is 341. The van der Waals surface area contributed by atoms with Crippen molar-refractivity contribution in [1.29, 1.82) is 5.41 Å². The van der Waals surface area contributed by atoms with Crippen LogP contribution in [0.15, 0.2) is 30.3 Å². The Morgan fingerprint density at radius 1 is 1.38 bits per heavy atom. The molecule has 0 amide bonds. The zero-order valence-electron chi connectivity index (χ0n) is 8.30. The van der Waals surface area contributed by atoms with Gasteiger partial charge in [0.15, 0.2) is 5.96 Å². The molecule has 0 unspecified atom stereocenters. The maximum Gasteiger partial charge on any atom is 0.503 e. The maximum atomic E-state index is 8.56. The molecule has 0 bridgehead atoms. The van der Waals surface area contributed by atoms with Gasteiger partial charge in [0, 0.05) is 0 Å². The van der Waals surface area contributed by atoms with Gasteiger partial charge in [-0.1, -0.05) is 30.3 Å². The van der Waals surface area contributed by atoms with Crippen molar-refractivity contribution in [2.75, 3.05) is 0 Å². The molecular formula is C9H12IN3O3. The molecule has 88 valence electrons. The zero-order valence-corrected chi connectivity index (χ0v) is 10.5. The molecule has 0 radical (unpaired) electrons. The van der Waals surface area contributed by atoms with Crippen LogP contribution in [0.1, 0.15) is 5.56 Å². The third-order valence-corrected chi connectivity index (χ3v) is 2.29. The number of halogens is 1. The number of carboxylic acid groups (broad SMARTS) is 2. The Kier molecular flexibility index (Phi) is 7.01. The Morgan fingerprint density at radius 3 is 2.19 bits per heavy atom. The molecule has 0 saturated carbocycles. The van der Waals surface area contributed by atoms with Crippen LogP contribution < -0.4 is 5.73 Å². The van der Waals surface area contributed by atoms with Crippen molar-refractivity contribution in [2.24, 2.45) is 5.73 Å². The lowest BCUT2D eigenvalue weighted by Crippen LogP contribution is -2.27. The highest BCUT2D eigenvalue weighted by Gasteiger charge is 2.01. The molecule has 0 fully saturated rings. The third-order valence-electron chi connectivity index (χ3n) is 1.43. The zero-order chi connectivity index (χ0) is 12.6. The third kappa shape index (κ3) is 7.85. The molecule has 1 aromatic rings. The molecule has 0 saturated heterocycles. The van der Waals surface area contributed by atoms with Gasteiger partial charge in [-0.05, 0) is 5.56 Å². The van der Waals surface area contributed by atoms with Crippen LogP contribution >= 0.6 is 22.9 Å². The average molecular weight is 337 g/mol. The fourth-order valence-electron chi connectivity index (χ4n) is 0.829. The highest BCUT2D eigenvalue weighted by Crippen LogP contribution is 2.07. The van der Waals surface area contributed by atoms with E-state index in [1.165, 1.54) is 0 Å². The first kappa shape index (κ1) is 14.5. The topological polar surface area (TPSA) is 111 Å². The van der Waals surface area contributed by atoms with E-state index in [9.17, 15) is 0 Å². The molecule has 0 spiro atoms. The summed E-state index contributed by atoms with van der Waals surface area (Å²) in [7, 11) is 0. The SMILES string of the molecule is N=C(N)N(I)Cc1ccccc1.O=C(O)O. The van der Waals surface area contributed by atoms with E-state index in [-0.39, 0.29) is 5.96 Å². The van der Waals surface area contributed by atoms with Gasteiger partial charge in [-0.3, -0.25) is 8.52 Å². The van der Waals surface area contributed by atoms with Crippen LogP contribution in [0.3, 0.4) is 0 Å². The lowest BCUT2D eigenvalue weighted by Gasteiger charge is -2.13. The second-order valence-corrected chi connectivity index (χ2v) is 3.84. The Hall–Kier alpha value is -1.51. The van der Waals surface area contributed by atoms with E-state index >= 15 is 0 Å². The van der Waals surface area contributed by atoms with Crippen LogP contribution in [0.4, 0.5) is 4.79 Å². The van der Waals surface area contributed by atoms with E-state index in [4.69, 9.17) is 26.2 Å². The first-order valence-corrected chi connectivity index (χ1v) is 5.13. The molecule has 0 aromatic heterocycles. The molecule has 0 heterocycles. The van der Waals surface area contributed by atoms with Gasteiger partial charge < -0.3 is 15.9 Å². The number of nitrogens with one attached hydrogen (secondary N) is 1. The summed E-state index contributed by atoms with van der Waals surface area (Å²) in [5.41, 5.74) is 6.44. The van der Waals surface area contributed by atoms with E-state index in [0.29, 0.717) is 6.54 Å². The Labute approximate surface area is 107 Å². The van der Waals surface area contributed by atoms with Crippen LogP contribution in [-0.4, -0.2) is 25.4 Å². The molecule has 0 aliphatic heterocycles. The molecule has 7 heteroatoms. The van der Waals surface area contributed by atoms with Crippen molar-refractivity contribution in [3.8, 4) is 0 Å². The van der Waals surface area contributed by atoms with Crippen molar-refractivity contribution in [3.05, 3.63) is 35.9 Å². The normalized spacial score (nSPS) is 8.56. The highest BCUT2D eigenvalue weighted by atomic mass is 127. The van der Waals surface area contributed by atoms with Gasteiger partial charge >= 0.3 is 6.16 Å². The van der Waals surface area contributed by atoms with Crippen molar-refractivity contribution in [3.63, 3.8) is 0 Å². The quantitative estimate of drug-likeness (QED) is 0.285. The van der Waals surface area contributed by atoms with Gasteiger partial charge in [-0.25, -0.2) is 4.79 Å². The molecule has 6 nitrogen and oxygen atoms in total.